The number of methoxy groups -OCH3 is 1. The fourth-order valence-corrected chi connectivity index (χ4v) is 6.94. The van der Waals surface area contributed by atoms with Gasteiger partial charge in [0.2, 0.25) is 0 Å². The third-order valence-electron chi connectivity index (χ3n) is 10.5. The second kappa shape index (κ2) is 22.2. The van der Waals surface area contributed by atoms with Crippen LogP contribution in [0.1, 0.15) is 136 Å². The molecular weight excluding hydrogens is 741 g/mol. The van der Waals surface area contributed by atoms with Crippen molar-refractivity contribution >= 4 is 28.8 Å². The molecule has 2 atom stereocenters. The van der Waals surface area contributed by atoms with Crippen molar-refractivity contribution in [1.82, 2.24) is 19.8 Å². The number of H-pyrrole nitrogens is 1. The van der Waals surface area contributed by atoms with Crippen molar-refractivity contribution in [3.8, 4) is 28.6 Å². The summed E-state index contributed by atoms with van der Waals surface area (Å²) in [5, 5.41) is 14.4. The van der Waals surface area contributed by atoms with E-state index in [1.807, 2.05) is 73.7 Å². The molecule has 11 heteroatoms. The second-order valence-electron chi connectivity index (χ2n) is 16.7. The van der Waals surface area contributed by atoms with E-state index in [2.05, 4.69) is 50.4 Å². The van der Waals surface area contributed by atoms with Crippen molar-refractivity contribution in [2.75, 3.05) is 17.7 Å². The molecular formula is C48H66N6O5. The van der Waals surface area contributed by atoms with E-state index >= 15 is 0 Å². The summed E-state index contributed by atoms with van der Waals surface area (Å²) in [6.07, 6.45) is 12.8. The number of anilines is 2. The molecule has 5 rings (SSSR count). The van der Waals surface area contributed by atoms with Crippen LogP contribution < -0.4 is 24.8 Å². The smallest absolute Gasteiger partial charge is 0.265 e. The molecule has 11 nitrogen and oxygen atoms in total. The Hall–Kier alpha value is -5.32. The highest BCUT2D eigenvalue weighted by molar-refractivity contribution is 5.98. The van der Waals surface area contributed by atoms with Gasteiger partial charge in [-0.25, -0.2) is 4.98 Å². The first kappa shape index (κ1) is 44.8. The lowest BCUT2D eigenvalue weighted by atomic mass is 9.93. The number of amides is 2. The number of fused-ring (bicyclic) bond motifs is 1. The van der Waals surface area contributed by atoms with Crippen LogP contribution in [0.15, 0.2) is 72.8 Å². The Kier molecular flexibility index (Phi) is 16.8. The lowest BCUT2D eigenvalue weighted by Gasteiger charge is -2.21. The third kappa shape index (κ3) is 13.9. The van der Waals surface area contributed by atoms with Gasteiger partial charge in [0, 0.05) is 34.1 Å². The quantitative estimate of drug-likeness (QED) is 0.0529. The van der Waals surface area contributed by atoms with Crippen LogP contribution in [0.4, 0.5) is 11.4 Å². The number of hydrogen-bond acceptors (Lipinski definition) is 7. The van der Waals surface area contributed by atoms with Crippen LogP contribution in [0.3, 0.4) is 0 Å². The minimum absolute atomic E-state index is 0.114. The maximum Gasteiger partial charge on any atom is 0.265 e. The minimum atomic E-state index is -0.749. The first-order valence-corrected chi connectivity index (χ1v) is 21.7. The Morgan fingerprint density at radius 2 is 1.15 bits per heavy atom. The topological polar surface area (TPSA) is 132 Å². The van der Waals surface area contributed by atoms with Crippen molar-refractivity contribution in [3.63, 3.8) is 0 Å². The average molecular weight is 807 g/mol. The highest BCUT2D eigenvalue weighted by atomic mass is 16.5. The van der Waals surface area contributed by atoms with Crippen molar-refractivity contribution in [2.24, 2.45) is 0 Å². The molecule has 318 valence electrons. The molecule has 5 aromatic rings. The molecule has 59 heavy (non-hydrogen) atoms. The monoisotopic (exact) mass is 807 g/mol. The van der Waals surface area contributed by atoms with E-state index < -0.39 is 12.2 Å². The number of ether oxygens (including phenoxy) is 3. The Morgan fingerprint density at radius 1 is 0.678 bits per heavy atom. The zero-order valence-electron chi connectivity index (χ0n) is 36.4. The molecule has 0 radical (unpaired) electrons. The van der Waals surface area contributed by atoms with Gasteiger partial charge in [-0.3, -0.25) is 14.7 Å². The van der Waals surface area contributed by atoms with Crippen LogP contribution in [-0.4, -0.2) is 50.9 Å². The van der Waals surface area contributed by atoms with Crippen LogP contribution >= 0.6 is 0 Å². The largest absolute Gasteiger partial charge is 0.497 e. The van der Waals surface area contributed by atoms with Gasteiger partial charge in [-0.1, -0.05) is 117 Å². The molecule has 0 saturated heterocycles. The van der Waals surface area contributed by atoms with E-state index in [0.29, 0.717) is 58.5 Å². The number of nitrogens with zero attached hydrogens (tertiary/aromatic N) is 3. The van der Waals surface area contributed by atoms with Crippen LogP contribution in [0.2, 0.25) is 0 Å². The van der Waals surface area contributed by atoms with Gasteiger partial charge >= 0.3 is 0 Å². The highest BCUT2D eigenvalue weighted by Gasteiger charge is 2.25. The predicted octanol–water partition coefficient (Wildman–Crippen LogP) is 11.6. The van der Waals surface area contributed by atoms with E-state index in [1.165, 1.54) is 38.5 Å². The van der Waals surface area contributed by atoms with Gasteiger partial charge in [0.05, 0.1) is 7.11 Å². The molecule has 0 aliphatic rings. The number of aromatic amines is 1. The predicted molar refractivity (Wildman–Crippen MR) is 238 cm³/mol. The molecule has 2 amide bonds. The molecule has 0 aliphatic heterocycles. The molecule has 0 aliphatic carbocycles. The van der Waals surface area contributed by atoms with Gasteiger partial charge in [0.15, 0.2) is 23.7 Å². The zero-order valence-corrected chi connectivity index (χ0v) is 36.4. The third-order valence-corrected chi connectivity index (χ3v) is 10.5. The summed E-state index contributed by atoms with van der Waals surface area (Å²) >= 11 is 0. The summed E-state index contributed by atoms with van der Waals surface area (Å²) in [4.78, 5) is 33.1. The van der Waals surface area contributed by atoms with Gasteiger partial charge in [0.25, 0.3) is 11.8 Å². The summed E-state index contributed by atoms with van der Waals surface area (Å²) in [5.74, 6) is 1.82. The van der Waals surface area contributed by atoms with Crippen molar-refractivity contribution < 1.29 is 23.8 Å². The van der Waals surface area contributed by atoms with Crippen LogP contribution in [-0.2, 0) is 15.0 Å². The molecule has 3 N–H and O–H groups in total. The van der Waals surface area contributed by atoms with Gasteiger partial charge < -0.3 is 24.8 Å². The Labute approximate surface area is 351 Å². The number of nitrogens with one attached hydrogen (secondary N) is 3. The second-order valence-corrected chi connectivity index (χ2v) is 16.7. The number of aromatic nitrogens is 4. The van der Waals surface area contributed by atoms with Gasteiger partial charge in [-0.15, -0.1) is 5.10 Å². The molecule has 0 spiro atoms. The number of carbonyl (C=O) groups is 2. The van der Waals surface area contributed by atoms with Gasteiger partial charge in [0.1, 0.15) is 17.2 Å². The first-order valence-electron chi connectivity index (χ1n) is 21.7. The summed E-state index contributed by atoms with van der Waals surface area (Å²) in [5.41, 5.74) is 4.27. The van der Waals surface area contributed by atoms with Crippen LogP contribution in [0, 0.1) is 6.92 Å². The zero-order chi connectivity index (χ0) is 42.2. The Morgan fingerprint density at radius 3 is 1.63 bits per heavy atom. The Bertz CT molecular complexity index is 2020. The molecule has 2 aromatic heterocycles. The number of rotatable bonds is 24. The van der Waals surface area contributed by atoms with Crippen molar-refractivity contribution in [1.29, 1.82) is 0 Å². The lowest BCUT2D eigenvalue weighted by Crippen LogP contribution is -2.34. The first-order chi connectivity index (χ1) is 28.4. The summed E-state index contributed by atoms with van der Waals surface area (Å²) in [7, 11) is 1.62. The minimum Gasteiger partial charge on any atom is -0.497 e. The van der Waals surface area contributed by atoms with Gasteiger partial charge in [-0.05, 0) is 87.2 Å². The van der Waals surface area contributed by atoms with Crippen LogP contribution in [0.25, 0.3) is 17.0 Å². The fourth-order valence-electron chi connectivity index (χ4n) is 6.94. The molecule has 2 heterocycles. The number of carbonyl (C=O) groups excluding carboxylic acids is 2. The molecule has 0 bridgehead atoms. The van der Waals surface area contributed by atoms with Gasteiger partial charge in [-0.2, -0.15) is 4.63 Å². The standard InChI is InChI=1S/C48H66N6O5/c1-8-10-12-14-16-18-20-41(58-39-24-22-34(3)23-25-39)46(55)49-36-30-35(45-51-44-33-43(48(4,5)6)52-54(44)53-45)31-37(32-36)50-47(56)42(21-19-17-15-13-11-9-2)59-40-28-26-38(57-7)27-29-40/h22-33,41-42,52H,8-21H2,1-7H3,(H,49,55)(H,50,56). The van der Waals surface area contributed by atoms with E-state index in [9.17, 15) is 9.59 Å². The number of hydrogen-bond donors (Lipinski definition) is 3. The summed E-state index contributed by atoms with van der Waals surface area (Å²) in [6, 6.07) is 22.4. The van der Waals surface area contributed by atoms with E-state index in [1.54, 1.807) is 17.8 Å². The average Bonchev–Trinajstić information content (AvgIpc) is 3.81. The van der Waals surface area contributed by atoms with E-state index in [4.69, 9.17) is 24.3 Å². The summed E-state index contributed by atoms with van der Waals surface area (Å²) < 4.78 is 19.7. The molecule has 3 aromatic carbocycles. The number of unbranched alkanes of at least 4 members (excludes halogenated alkanes) is 10. The number of aryl methyl sites for hydroxylation is 1. The molecule has 0 saturated carbocycles. The lowest BCUT2D eigenvalue weighted by molar-refractivity contribution is -0.123. The molecule has 2 unspecified atom stereocenters. The van der Waals surface area contributed by atoms with Crippen molar-refractivity contribution in [2.45, 2.75) is 149 Å². The highest BCUT2D eigenvalue weighted by Crippen LogP contribution is 2.29. The Balaban J connectivity index is 1.42. The SMILES string of the molecule is CCCCCCCCC(Oc1ccc(C)cc1)C(=O)Nc1cc(NC(=O)C(CCCCCCCC)Oc2ccc(OC)cc2)cc(-c2nc3cc(C(C)(C)C)[nH]n3n2)c1. The fraction of sp³-hybridized carbons (Fsp3) is 0.500. The number of benzene rings is 3. The summed E-state index contributed by atoms with van der Waals surface area (Å²) in [6.45, 7) is 12.8. The maximum atomic E-state index is 14.2. The molecule has 0 fully saturated rings. The van der Waals surface area contributed by atoms with Crippen molar-refractivity contribution in [3.05, 3.63) is 84.1 Å². The normalized spacial score (nSPS) is 12.6. The van der Waals surface area contributed by atoms with E-state index in [0.717, 1.165) is 49.8 Å². The van der Waals surface area contributed by atoms with E-state index in [-0.39, 0.29) is 17.2 Å². The van der Waals surface area contributed by atoms with Crippen LogP contribution in [0.5, 0.6) is 17.2 Å². The maximum absolute atomic E-state index is 14.2.